The second-order valence-electron chi connectivity index (χ2n) is 4.73. The molecule has 92 valence electrons. The van der Waals surface area contributed by atoms with Gasteiger partial charge in [0, 0.05) is 5.41 Å². The normalized spacial score (nSPS) is 22.2. The maximum absolute atomic E-state index is 11.5. The molecule has 3 heteroatoms. The van der Waals surface area contributed by atoms with E-state index in [1.165, 1.54) is 12.7 Å². The van der Waals surface area contributed by atoms with Crippen molar-refractivity contribution in [1.82, 2.24) is 0 Å². The van der Waals surface area contributed by atoms with Gasteiger partial charge in [-0.25, -0.2) is 0 Å². The molecule has 0 radical (unpaired) electrons. The third-order valence-corrected chi connectivity index (χ3v) is 3.92. The number of methoxy groups -OCH3 is 1. The molecule has 0 saturated carbocycles. The summed E-state index contributed by atoms with van der Waals surface area (Å²) in [7, 11) is 1.42. The molecule has 1 aromatic carbocycles. The molecule has 0 aliphatic heterocycles. The summed E-state index contributed by atoms with van der Waals surface area (Å²) in [6.07, 6.45) is 3.22. The average molecular weight is 234 g/mol. The number of carbonyl (C=O) groups is 1. The molecule has 0 heterocycles. The Morgan fingerprint density at radius 3 is 2.94 bits per heavy atom. The van der Waals surface area contributed by atoms with Crippen LogP contribution in [0.15, 0.2) is 18.2 Å². The van der Waals surface area contributed by atoms with Gasteiger partial charge < -0.3 is 9.84 Å². The van der Waals surface area contributed by atoms with E-state index in [0.717, 1.165) is 24.8 Å². The summed E-state index contributed by atoms with van der Waals surface area (Å²) >= 11 is 0. The van der Waals surface area contributed by atoms with Gasteiger partial charge in [-0.15, -0.1) is 0 Å². The lowest BCUT2D eigenvalue weighted by atomic mass is 9.76. The topological polar surface area (TPSA) is 46.5 Å². The Morgan fingerprint density at radius 1 is 1.53 bits per heavy atom. The van der Waals surface area contributed by atoms with Gasteiger partial charge in [0.15, 0.2) is 0 Å². The quantitative estimate of drug-likeness (QED) is 0.817. The van der Waals surface area contributed by atoms with E-state index in [4.69, 9.17) is 4.74 Å². The van der Waals surface area contributed by atoms with Crippen molar-refractivity contribution >= 4 is 5.97 Å². The number of benzene rings is 1. The second kappa shape index (κ2) is 4.40. The van der Waals surface area contributed by atoms with E-state index in [2.05, 4.69) is 6.92 Å². The summed E-state index contributed by atoms with van der Waals surface area (Å²) < 4.78 is 4.78. The molecule has 17 heavy (non-hydrogen) atoms. The SMILES string of the molecule is CC[C@@]1(CC(=O)OC)CCc2ccc(O)cc21. The van der Waals surface area contributed by atoms with Crippen LogP contribution in [0.3, 0.4) is 0 Å². The largest absolute Gasteiger partial charge is 0.508 e. The van der Waals surface area contributed by atoms with E-state index >= 15 is 0 Å². The Labute approximate surface area is 101 Å². The first-order valence-electron chi connectivity index (χ1n) is 6.00. The van der Waals surface area contributed by atoms with E-state index in [0.29, 0.717) is 6.42 Å². The van der Waals surface area contributed by atoms with Crippen LogP contribution in [0.5, 0.6) is 5.75 Å². The highest BCUT2D eigenvalue weighted by Gasteiger charge is 2.39. The molecule has 2 rings (SSSR count). The molecule has 0 amide bonds. The molecule has 0 saturated heterocycles. The summed E-state index contributed by atoms with van der Waals surface area (Å²) in [5, 5.41) is 9.60. The predicted molar refractivity (Wildman–Crippen MR) is 65.0 cm³/mol. The Morgan fingerprint density at radius 2 is 2.29 bits per heavy atom. The van der Waals surface area contributed by atoms with Crippen LogP contribution < -0.4 is 0 Å². The molecule has 1 aliphatic carbocycles. The number of aryl methyl sites for hydroxylation is 1. The maximum Gasteiger partial charge on any atom is 0.306 e. The highest BCUT2D eigenvalue weighted by molar-refractivity contribution is 5.72. The molecule has 1 aromatic rings. The number of hydrogen-bond acceptors (Lipinski definition) is 3. The Kier molecular flexibility index (Phi) is 3.09. The molecular weight excluding hydrogens is 216 g/mol. The smallest absolute Gasteiger partial charge is 0.306 e. The number of carbonyl (C=O) groups excluding carboxylic acids is 1. The standard InChI is InChI=1S/C14H18O3/c1-3-14(9-13(16)17-2)7-6-10-4-5-11(15)8-12(10)14/h4-5,8,15H,3,6-7,9H2,1-2H3/t14-/m0/s1. The van der Waals surface area contributed by atoms with Crippen LogP contribution in [0, 0.1) is 0 Å². The van der Waals surface area contributed by atoms with Crippen LogP contribution in [0.2, 0.25) is 0 Å². The van der Waals surface area contributed by atoms with Crippen molar-refractivity contribution in [1.29, 1.82) is 0 Å². The molecular formula is C14H18O3. The third kappa shape index (κ3) is 2.02. The van der Waals surface area contributed by atoms with Crippen molar-refractivity contribution in [3.05, 3.63) is 29.3 Å². The van der Waals surface area contributed by atoms with E-state index in [1.54, 1.807) is 12.1 Å². The van der Waals surface area contributed by atoms with E-state index in [1.807, 2.05) is 6.07 Å². The van der Waals surface area contributed by atoms with Crippen molar-refractivity contribution in [2.75, 3.05) is 7.11 Å². The monoisotopic (exact) mass is 234 g/mol. The van der Waals surface area contributed by atoms with Crippen LogP contribution >= 0.6 is 0 Å². The van der Waals surface area contributed by atoms with Crippen LogP contribution in [0.25, 0.3) is 0 Å². The summed E-state index contributed by atoms with van der Waals surface area (Å²) in [5.74, 6) is 0.0939. The van der Waals surface area contributed by atoms with Crippen molar-refractivity contribution in [2.24, 2.45) is 0 Å². The number of ether oxygens (including phenoxy) is 1. The van der Waals surface area contributed by atoms with Gasteiger partial charge in [-0.3, -0.25) is 4.79 Å². The summed E-state index contributed by atoms with van der Waals surface area (Å²) in [6.45, 7) is 2.09. The van der Waals surface area contributed by atoms with Crippen LogP contribution in [0.1, 0.15) is 37.3 Å². The first-order chi connectivity index (χ1) is 8.11. The van der Waals surface area contributed by atoms with Gasteiger partial charge in [0.2, 0.25) is 0 Å². The molecule has 0 bridgehead atoms. The summed E-state index contributed by atoms with van der Waals surface area (Å²) in [5.41, 5.74) is 2.21. The molecule has 1 N–H and O–H groups in total. The number of fused-ring (bicyclic) bond motifs is 1. The van der Waals surface area contributed by atoms with E-state index in [-0.39, 0.29) is 17.1 Å². The van der Waals surface area contributed by atoms with Gasteiger partial charge in [-0.1, -0.05) is 13.0 Å². The highest BCUT2D eigenvalue weighted by atomic mass is 16.5. The van der Waals surface area contributed by atoms with Gasteiger partial charge in [0.25, 0.3) is 0 Å². The third-order valence-electron chi connectivity index (χ3n) is 3.92. The fourth-order valence-electron chi connectivity index (χ4n) is 2.81. The molecule has 0 aromatic heterocycles. The minimum atomic E-state index is -0.178. The van der Waals surface area contributed by atoms with Gasteiger partial charge >= 0.3 is 5.97 Å². The fourth-order valence-corrected chi connectivity index (χ4v) is 2.81. The number of phenols is 1. The summed E-state index contributed by atoms with van der Waals surface area (Å²) in [4.78, 5) is 11.5. The van der Waals surface area contributed by atoms with E-state index < -0.39 is 0 Å². The van der Waals surface area contributed by atoms with Crippen LogP contribution in [-0.2, 0) is 21.4 Å². The fraction of sp³-hybridized carbons (Fsp3) is 0.500. The maximum atomic E-state index is 11.5. The van der Waals surface area contributed by atoms with Gasteiger partial charge in [0.1, 0.15) is 5.75 Å². The summed E-state index contributed by atoms with van der Waals surface area (Å²) in [6, 6.07) is 5.47. The number of phenolic OH excluding ortho intramolecular Hbond substituents is 1. The molecule has 3 nitrogen and oxygen atoms in total. The Balaban J connectivity index is 2.39. The first kappa shape index (κ1) is 12.0. The lowest BCUT2D eigenvalue weighted by Crippen LogP contribution is -2.26. The minimum Gasteiger partial charge on any atom is -0.508 e. The lowest BCUT2D eigenvalue weighted by molar-refractivity contribution is -0.142. The Bertz CT molecular complexity index is 439. The highest BCUT2D eigenvalue weighted by Crippen LogP contribution is 2.45. The van der Waals surface area contributed by atoms with Gasteiger partial charge in [0.05, 0.1) is 13.5 Å². The molecule has 0 fully saturated rings. The zero-order valence-electron chi connectivity index (χ0n) is 10.3. The molecule has 0 spiro atoms. The predicted octanol–water partition coefficient (Wildman–Crippen LogP) is 2.55. The first-order valence-corrected chi connectivity index (χ1v) is 6.00. The molecule has 1 aliphatic rings. The minimum absolute atomic E-state index is 0.152. The average Bonchev–Trinajstić information content (AvgIpc) is 2.68. The van der Waals surface area contributed by atoms with E-state index in [9.17, 15) is 9.90 Å². The molecule has 0 unspecified atom stereocenters. The Hall–Kier alpha value is -1.51. The van der Waals surface area contributed by atoms with Crippen molar-refractivity contribution < 1.29 is 14.6 Å². The van der Waals surface area contributed by atoms with Crippen LogP contribution in [0.4, 0.5) is 0 Å². The lowest BCUT2D eigenvalue weighted by Gasteiger charge is -2.27. The zero-order valence-corrected chi connectivity index (χ0v) is 10.3. The van der Waals surface area contributed by atoms with Crippen LogP contribution in [-0.4, -0.2) is 18.2 Å². The van der Waals surface area contributed by atoms with Crippen molar-refractivity contribution in [3.8, 4) is 5.75 Å². The van der Waals surface area contributed by atoms with Crippen molar-refractivity contribution in [3.63, 3.8) is 0 Å². The van der Waals surface area contributed by atoms with Gasteiger partial charge in [-0.2, -0.15) is 0 Å². The van der Waals surface area contributed by atoms with Gasteiger partial charge in [-0.05, 0) is 42.5 Å². The van der Waals surface area contributed by atoms with Crippen molar-refractivity contribution in [2.45, 2.75) is 38.0 Å². The molecule has 1 atom stereocenters. The number of aromatic hydroxyl groups is 1. The number of esters is 1. The number of hydrogen-bond donors (Lipinski definition) is 1. The number of rotatable bonds is 3. The zero-order chi connectivity index (χ0) is 12.5. The second-order valence-corrected chi connectivity index (χ2v) is 4.73.